The molecule has 0 spiro atoms. The van der Waals surface area contributed by atoms with Crippen LogP contribution in [-0.2, 0) is 0 Å². The summed E-state index contributed by atoms with van der Waals surface area (Å²) in [4.78, 5) is 6.60. The molecule has 8 heteroatoms. The highest BCUT2D eigenvalue weighted by Gasteiger charge is 2.15. The smallest absolute Gasteiger partial charge is 0.193 e. The average molecular weight is 500 g/mol. The third kappa shape index (κ3) is 6.45. The Morgan fingerprint density at radius 3 is 2.32 bits per heavy atom. The van der Waals surface area contributed by atoms with Crippen LogP contribution in [0.2, 0.25) is 0 Å². The van der Waals surface area contributed by atoms with Gasteiger partial charge in [-0.1, -0.05) is 12.1 Å². The molecule has 0 aliphatic heterocycles. The molecule has 0 heterocycles. The van der Waals surface area contributed by atoms with Gasteiger partial charge in [-0.3, -0.25) is 4.99 Å². The molecular weight excluding hydrogens is 471 g/mol. The normalized spacial score (nSPS) is 12.1. The topological polar surface area (TPSA) is 81.3 Å². The predicted molar refractivity (Wildman–Crippen MR) is 124 cm³/mol. The molecule has 0 aliphatic rings. The molecule has 1 unspecified atom stereocenters. The molecule has 28 heavy (non-hydrogen) atoms. The molecule has 0 radical (unpaired) electrons. The minimum Gasteiger partial charge on any atom is -0.497 e. The Morgan fingerprint density at radius 2 is 1.71 bits per heavy atom. The summed E-state index contributed by atoms with van der Waals surface area (Å²) in [6.45, 7) is 0.491. The summed E-state index contributed by atoms with van der Waals surface area (Å²) in [7, 11) is 8.89. The average Bonchev–Trinajstić information content (AvgIpc) is 2.68. The lowest BCUT2D eigenvalue weighted by molar-refractivity contribution is 0.305. The van der Waals surface area contributed by atoms with Gasteiger partial charge in [0.15, 0.2) is 5.96 Å². The van der Waals surface area contributed by atoms with E-state index < -0.39 is 0 Å². The number of hydrogen-bond donors (Lipinski definition) is 2. The fourth-order valence-corrected chi connectivity index (χ4v) is 2.69. The molecule has 0 bridgehead atoms. The van der Waals surface area contributed by atoms with E-state index in [0.717, 1.165) is 11.3 Å². The Labute approximate surface area is 183 Å². The number of guanidine groups is 1. The lowest BCUT2D eigenvalue weighted by Crippen LogP contribution is -2.27. The minimum atomic E-state index is 0. The van der Waals surface area contributed by atoms with Gasteiger partial charge in [-0.25, -0.2) is 0 Å². The van der Waals surface area contributed by atoms with Crippen LogP contribution in [0, 0.1) is 0 Å². The predicted octanol–water partition coefficient (Wildman–Crippen LogP) is 3.36. The quantitative estimate of drug-likeness (QED) is 0.329. The van der Waals surface area contributed by atoms with Gasteiger partial charge in [0.25, 0.3) is 0 Å². The van der Waals surface area contributed by atoms with Crippen LogP contribution in [0.25, 0.3) is 0 Å². The molecule has 0 aliphatic carbocycles. The van der Waals surface area contributed by atoms with Crippen molar-refractivity contribution >= 4 is 35.6 Å². The number of aliphatic imine (C=N–C) groups is 1. The molecule has 2 aromatic carbocycles. The van der Waals surface area contributed by atoms with Crippen molar-refractivity contribution in [2.24, 2.45) is 10.7 Å². The molecule has 0 amide bonds. The molecule has 2 aromatic rings. The second-order valence-corrected chi connectivity index (χ2v) is 6.17. The van der Waals surface area contributed by atoms with E-state index in [1.165, 1.54) is 0 Å². The Morgan fingerprint density at radius 1 is 1.04 bits per heavy atom. The van der Waals surface area contributed by atoms with Gasteiger partial charge in [-0.2, -0.15) is 0 Å². The van der Waals surface area contributed by atoms with Gasteiger partial charge < -0.3 is 30.2 Å². The SMILES string of the molecule is COc1cccc(C(CN=C(N)Nc2cc(OC)ccc2OC)N(C)C)c1.I. The summed E-state index contributed by atoms with van der Waals surface area (Å²) in [5.41, 5.74) is 7.90. The number of nitrogens with one attached hydrogen (secondary N) is 1. The van der Waals surface area contributed by atoms with Gasteiger partial charge in [0.1, 0.15) is 17.2 Å². The fourth-order valence-electron chi connectivity index (χ4n) is 2.69. The molecule has 2 rings (SSSR count). The summed E-state index contributed by atoms with van der Waals surface area (Å²) in [6, 6.07) is 13.5. The summed E-state index contributed by atoms with van der Waals surface area (Å²) in [6.07, 6.45) is 0. The van der Waals surface area contributed by atoms with E-state index in [-0.39, 0.29) is 30.0 Å². The van der Waals surface area contributed by atoms with Gasteiger partial charge in [-0.15, -0.1) is 24.0 Å². The van der Waals surface area contributed by atoms with Crippen LogP contribution in [0.4, 0.5) is 5.69 Å². The molecule has 0 aromatic heterocycles. The van der Waals surface area contributed by atoms with Crippen LogP contribution in [-0.4, -0.2) is 52.8 Å². The number of rotatable bonds is 8. The largest absolute Gasteiger partial charge is 0.497 e. The first-order valence-corrected chi connectivity index (χ1v) is 8.57. The number of anilines is 1. The first kappa shape index (κ1) is 23.8. The zero-order valence-electron chi connectivity index (χ0n) is 16.9. The highest BCUT2D eigenvalue weighted by atomic mass is 127. The van der Waals surface area contributed by atoms with Crippen molar-refractivity contribution in [2.75, 3.05) is 47.3 Å². The minimum absolute atomic E-state index is 0. The van der Waals surface area contributed by atoms with Crippen molar-refractivity contribution in [3.8, 4) is 17.2 Å². The van der Waals surface area contributed by atoms with Crippen molar-refractivity contribution in [1.82, 2.24) is 4.90 Å². The zero-order chi connectivity index (χ0) is 19.8. The van der Waals surface area contributed by atoms with E-state index >= 15 is 0 Å². The number of benzene rings is 2. The van der Waals surface area contributed by atoms with Gasteiger partial charge in [0.05, 0.1) is 39.6 Å². The summed E-state index contributed by atoms with van der Waals surface area (Å²) in [5.74, 6) is 2.48. The van der Waals surface area contributed by atoms with E-state index in [2.05, 4.69) is 21.3 Å². The standard InChI is InChI=1S/C20H28N4O3.HI/c1-24(2)18(14-7-6-8-15(11-14)25-3)13-22-20(21)23-17-12-16(26-4)9-10-19(17)27-5;/h6-12,18H,13H2,1-5H3,(H3,21,22,23);1H. The lowest BCUT2D eigenvalue weighted by atomic mass is 10.1. The molecule has 0 saturated carbocycles. The van der Waals surface area contributed by atoms with Crippen molar-refractivity contribution in [3.05, 3.63) is 48.0 Å². The van der Waals surface area contributed by atoms with E-state index in [4.69, 9.17) is 19.9 Å². The van der Waals surface area contributed by atoms with Gasteiger partial charge in [0.2, 0.25) is 0 Å². The molecule has 7 nitrogen and oxygen atoms in total. The first-order valence-electron chi connectivity index (χ1n) is 8.57. The van der Waals surface area contributed by atoms with Crippen LogP contribution in [0.15, 0.2) is 47.5 Å². The van der Waals surface area contributed by atoms with Gasteiger partial charge >= 0.3 is 0 Å². The number of methoxy groups -OCH3 is 3. The Balaban J connectivity index is 0.00000392. The fraction of sp³-hybridized carbons (Fsp3) is 0.350. The van der Waals surface area contributed by atoms with Crippen molar-refractivity contribution < 1.29 is 14.2 Å². The highest BCUT2D eigenvalue weighted by molar-refractivity contribution is 14.0. The maximum absolute atomic E-state index is 6.10. The summed E-state index contributed by atoms with van der Waals surface area (Å²) < 4.78 is 15.9. The number of hydrogen-bond acceptors (Lipinski definition) is 5. The molecule has 0 fully saturated rings. The summed E-state index contributed by atoms with van der Waals surface area (Å²) >= 11 is 0. The van der Waals surface area contributed by atoms with E-state index in [0.29, 0.717) is 29.7 Å². The molecule has 1 atom stereocenters. The van der Waals surface area contributed by atoms with Crippen molar-refractivity contribution in [2.45, 2.75) is 6.04 Å². The number of nitrogens with two attached hydrogens (primary N) is 1. The first-order chi connectivity index (χ1) is 13.0. The van der Waals surface area contributed by atoms with Gasteiger partial charge in [0, 0.05) is 6.07 Å². The second kappa shape index (κ2) is 11.6. The molecule has 154 valence electrons. The Hall–Kier alpha value is -2.20. The van der Waals surface area contributed by atoms with E-state index in [9.17, 15) is 0 Å². The molecule has 0 saturated heterocycles. The van der Waals surface area contributed by atoms with Crippen LogP contribution in [0.1, 0.15) is 11.6 Å². The maximum Gasteiger partial charge on any atom is 0.193 e. The number of nitrogens with zero attached hydrogens (tertiary/aromatic N) is 2. The second-order valence-electron chi connectivity index (χ2n) is 6.17. The number of ether oxygens (including phenoxy) is 3. The third-order valence-electron chi connectivity index (χ3n) is 4.21. The summed E-state index contributed by atoms with van der Waals surface area (Å²) in [5, 5.41) is 3.08. The highest BCUT2D eigenvalue weighted by Crippen LogP contribution is 2.29. The number of halogens is 1. The van der Waals surface area contributed by atoms with E-state index in [1.807, 2.05) is 50.5 Å². The van der Waals surface area contributed by atoms with Crippen LogP contribution < -0.4 is 25.3 Å². The lowest BCUT2D eigenvalue weighted by Gasteiger charge is -2.23. The van der Waals surface area contributed by atoms with Gasteiger partial charge in [-0.05, 0) is 43.9 Å². The Kier molecular flexibility index (Phi) is 9.88. The zero-order valence-corrected chi connectivity index (χ0v) is 19.3. The number of likely N-dealkylation sites (N-methyl/N-ethyl adjacent to an activating group) is 1. The van der Waals surface area contributed by atoms with Crippen molar-refractivity contribution in [1.29, 1.82) is 0 Å². The maximum atomic E-state index is 6.10. The van der Waals surface area contributed by atoms with Crippen LogP contribution in [0.5, 0.6) is 17.2 Å². The Bertz CT molecular complexity index is 784. The van der Waals surface area contributed by atoms with Crippen LogP contribution in [0.3, 0.4) is 0 Å². The van der Waals surface area contributed by atoms with Crippen molar-refractivity contribution in [3.63, 3.8) is 0 Å². The third-order valence-corrected chi connectivity index (χ3v) is 4.21. The molecular formula is C20H29IN4O3. The van der Waals surface area contributed by atoms with E-state index in [1.54, 1.807) is 21.3 Å². The van der Waals surface area contributed by atoms with Crippen LogP contribution >= 0.6 is 24.0 Å². The molecule has 3 N–H and O–H groups in total. The monoisotopic (exact) mass is 500 g/mol.